The summed E-state index contributed by atoms with van der Waals surface area (Å²) in [4.78, 5) is 23.6. The van der Waals surface area contributed by atoms with E-state index < -0.39 is 33.8 Å². The fourth-order valence-electron chi connectivity index (χ4n) is 2.71. The molecule has 0 aliphatic rings. The number of rotatable bonds is 5. The number of nitrogens with one attached hydrogen (secondary N) is 1. The molecule has 3 aromatic rings. The van der Waals surface area contributed by atoms with Gasteiger partial charge in [-0.3, -0.25) is 20.2 Å². The predicted octanol–water partition coefficient (Wildman–Crippen LogP) is 5.98. The maximum atomic E-state index is 13.1. The second kappa shape index (κ2) is 7.24. The number of alkyl halides is 3. The van der Waals surface area contributed by atoms with Gasteiger partial charge in [0.05, 0.1) is 21.8 Å². The van der Waals surface area contributed by atoms with E-state index in [0.717, 1.165) is 6.07 Å². The number of thiophene rings is 1. The number of hydrogen-bond donors (Lipinski definition) is 1. The summed E-state index contributed by atoms with van der Waals surface area (Å²) in [5, 5.41) is 22.7. The third-order valence-corrected chi connectivity index (χ3v) is 5.07. The Labute approximate surface area is 163 Å². The highest BCUT2D eigenvalue weighted by Crippen LogP contribution is 2.46. The van der Waals surface area contributed by atoms with Crippen molar-refractivity contribution < 1.29 is 23.0 Å². The van der Waals surface area contributed by atoms with E-state index in [4.69, 9.17) is 11.6 Å². The zero-order valence-corrected chi connectivity index (χ0v) is 15.2. The van der Waals surface area contributed by atoms with Gasteiger partial charge < -0.3 is 4.98 Å². The topological polar surface area (TPSA) is 102 Å². The van der Waals surface area contributed by atoms with Crippen molar-refractivity contribution in [1.82, 2.24) is 4.98 Å². The molecule has 0 bridgehead atoms. The summed E-state index contributed by atoms with van der Waals surface area (Å²) in [5.74, 6) is 0. The fraction of sp³-hybridized carbons (Fsp3) is 0.125. The van der Waals surface area contributed by atoms with Crippen LogP contribution in [0.2, 0.25) is 5.02 Å². The van der Waals surface area contributed by atoms with Crippen LogP contribution in [0, 0.1) is 20.2 Å². The monoisotopic (exact) mass is 431 g/mol. The Hall–Kier alpha value is -2.92. The third-order valence-electron chi connectivity index (χ3n) is 3.76. The van der Waals surface area contributed by atoms with Crippen molar-refractivity contribution in [2.45, 2.75) is 12.6 Å². The Kier molecular flexibility index (Phi) is 5.13. The molecule has 7 nitrogen and oxygen atoms in total. The van der Waals surface area contributed by atoms with Gasteiger partial charge >= 0.3 is 16.9 Å². The van der Waals surface area contributed by atoms with Crippen molar-refractivity contribution in [2.75, 3.05) is 0 Å². The molecule has 0 fully saturated rings. The Morgan fingerprint density at radius 2 is 1.68 bits per heavy atom. The van der Waals surface area contributed by atoms with Gasteiger partial charge in [0, 0.05) is 27.2 Å². The lowest BCUT2D eigenvalue weighted by atomic mass is 10.1. The van der Waals surface area contributed by atoms with Gasteiger partial charge in [-0.2, -0.15) is 13.2 Å². The van der Waals surface area contributed by atoms with E-state index in [2.05, 4.69) is 4.98 Å². The van der Waals surface area contributed by atoms with Crippen LogP contribution in [0.5, 0.6) is 0 Å². The summed E-state index contributed by atoms with van der Waals surface area (Å²) in [7, 11) is 0. The van der Waals surface area contributed by atoms with Crippen LogP contribution in [-0.2, 0) is 6.42 Å². The molecule has 0 unspecified atom stereocenters. The van der Waals surface area contributed by atoms with Gasteiger partial charge in [0.1, 0.15) is 5.69 Å². The maximum absolute atomic E-state index is 13.1. The summed E-state index contributed by atoms with van der Waals surface area (Å²) in [6, 6.07) is 8.04. The molecule has 3 rings (SSSR count). The Morgan fingerprint density at radius 1 is 1.04 bits per heavy atom. The van der Waals surface area contributed by atoms with Crippen LogP contribution < -0.4 is 0 Å². The van der Waals surface area contributed by atoms with Crippen LogP contribution in [0.3, 0.4) is 0 Å². The maximum Gasteiger partial charge on any atom is 0.394 e. The molecular formula is C16H9ClF3N3O4S. The van der Waals surface area contributed by atoms with Crippen molar-refractivity contribution in [3.05, 3.63) is 67.3 Å². The Balaban J connectivity index is 2.28. The molecule has 0 atom stereocenters. The molecule has 0 aliphatic heterocycles. The number of halogens is 4. The molecule has 2 aromatic heterocycles. The average molecular weight is 432 g/mol. The second-order valence-corrected chi connectivity index (χ2v) is 7.15. The fourth-order valence-corrected chi connectivity index (χ4v) is 3.73. The molecule has 2 heterocycles. The van der Waals surface area contributed by atoms with Crippen molar-refractivity contribution in [2.24, 2.45) is 0 Å². The molecule has 0 spiro atoms. The normalized spacial score (nSPS) is 11.6. The van der Waals surface area contributed by atoms with Crippen LogP contribution in [0.1, 0.15) is 5.69 Å². The molecule has 146 valence electrons. The molecule has 0 saturated carbocycles. The average Bonchev–Trinajstić information content (AvgIpc) is 3.18. The Bertz CT molecular complexity index is 1060. The molecule has 0 radical (unpaired) electrons. The van der Waals surface area contributed by atoms with Gasteiger partial charge in [-0.1, -0.05) is 35.1 Å². The smallest absolute Gasteiger partial charge is 0.352 e. The molecule has 1 aromatic carbocycles. The van der Waals surface area contributed by atoms with Crippen molar-refractivity contribution in [3.8, 4) is 21.7 Å². The van der Waals surface area contributed by atoms with Crippen LogP contribution in [-0.4, -0.2) is 21.0 Å². The van der Waals surface area contributed by atoms with E-state index in [9.17, 15) is 33.4 Å². The number of benzene rings is 1. The standard InChI is InChI=1S/C16H9ClF3N3O4S/c17-9-3-1-8(2-4-9)14-15(23(26)27)13(10(21-14)7-16(18,19)20)11-5-6-12(28-11)22(24)25/h1-6,21H,7H2. The van der Waals surface area contributed by atoms with E-state index in [-0.39, 0.29) is 26.7 Å². The van der Waals surface area contributed by atoms with E-state index in [0.29, 0.717) is 16.4 Å². The quantitative estimate of drug-likeness (QED) is 0.396. The number of aromatic amines is 1. The van der Waals surface area contributed by atoms with Gasteiger partial charge in [0.2, 0.25) is 0 Å². The van der Waals surface area contributed by atoms with E-state index in [1.54, 1.807) is 0 Å². The van der Waals surface area contributed by atoms with Crippen molar-refractivity contribution >= 4 is 33.6 Å². The highest BCUT2D eigenvalue weighted by molar-refractivity contribution is 7.18. The molecule has 0 aliphatic carbocycles. The minimum Gasteiger partial charge on any atom is -0.352 e. The van der Waals surface area contributed by atoms with E-state index >= 15 is 0 Å². The van der Waals surface area contributed by atoms with Crippen LogP contribution in [0.15, 0.2) is 36.4 Å². The third kappa shape index (κ3) is 3.99. The van der Waals surface area contributed by atoms with Gasteiger partial charge in [0.15, 0.2) is 0 Å². The first kappa shape index (κ1) is 19.8. The largest absolute Gasteiger partial charge is 0.394 e. The molecule has 12 heteroatoms. The summed E-state index contributed by atoms with van der Waals surface area (Å²) >= 11 is 6.36. The first-order valence-corrected chi connectivity index (χ1v) is 8.73. The first-order chi connectivity index (χ1) is 13.1. The highest BCUT2D eigenvalue weighted by atomic mass is 35.5. The van der Waals surface area contributed by atoms with Crippen LogP contribution >= 0.6 is 22.9 Å². The molecule has 28 heavy (non-hydrogen) atoms. The van der Waals surface area contributed by atoms with Gasteiger partial charge in [0.25, 0.3) is 0 Å². The zero-order chi connectivity index (χ0) is 20.6. The minimum absolute atomic E-state index is 0.00545. The van der Waals surface area contributed by atoms with Crippen LogP contribution in [0.25, 0.3) is 21.7 Å². The van der Waals surface area contributed by atoms with Gasteiger partial charge in [-0.05, 0) is 18.2 Å². The van der Waals surface area contributed by atoms with Crippen molar-refractivity contribution in [3.63, 3.8) is 0 Å². The SMILES string of the molecule is O=[N+]([O-])c1ccc(-c2c(CC(F)(F)F)[nH]c(-c3ccc(Cl)cc3)c2[N+](=O)[O-])s1. The highest BCUT2D eigenvalue weighted by Gasteiger charge is 2.36. The number of nitro groups is 2. The number of hydrogen-bond acceptors (Lipinski definition) is 5. The summed E-state index contributed by atoms with van der Waals surface area (Å²) in [5.41, 5.74) is -1.21. The van der Waals surface area contributed by atoms with E-state index in [1.165, 1.54) is 30.3 Å². The summed E-state index contributed by atoms with van der Waals surface area (Å²) < 4.78 is 39.2. The Morgan fingerprint density at radius 3 is 2.18 bits per heavy atom. The lowest BCUT2D eigenvalue weighted by molar-refractivity contribution is -0.383. The lowest BCUT2D eigenvalue weighted by Gasteiger charge is -2.06. The summed E-state index contributed by atoms with van der Waals surface area (Å²) in [6.45, 7) is 0. The van der Waals surface area contributed by atoms with Gasteiger partial charge in [-0.25, -0.2) is 0 Å². The lowest BCUT2D eigenvalue weighted by Crippen LogP contribution is -2.12. The van der Waals surface area contributed by atoms with Crippen LogP contribution in [0.4, 0.5) is 23.9 Å². The molecule has 0 amide bonds. The first-order valence-electron chi connectivity index (χ1n) is 7.53. The number of aromatic nitrogens is 1. The van der Waals surface area contributed by atoms with E-state index in [1.807, 2.05) is 0 Å². The van der Waals surface area contributed by atoms with Crippen molar-refractivity contribution in [1.29, 1.82) is 0 Å². The number of H-pyrrole nitrogens is 1. The molecule has 0 saturated heterocycles. The zero-order valence-electron chi connectivity index (χ0n) is 13.6. The molecular weight excluding hydrogens is 423 g/mol. The summed E-state index contributed by atoms with van der Waals surface area (Å²) in [6.07, 6.45) is -6.10. The minimum atomic E-state index is -4.64. The second-order valence-electron chi connectivity index (χ2n) is 5.65. The van der Waals surface area contributed by atoms with Gasteiger partial charge in [-0.15, -0.1) is 0 Å². The molecule has 1 N–H and O–H groups in total. The number of nitrogens with zero attached hydrogens (tertiary/aromatic N) is 2. The predicted molar refractivity (Wildman–Crippen MR) is 97.6 cm³/mol.